The van der Waals surface area contributed by atoms with E-state index in [4.69, 9.17) is 0 Å². The van der Waals surface area contributed by atoms with Gasteiger partial charge in [-0.05, 0) is 61.8 Å². The van der Waals surface area contributed by atoms with Crippen molar-refractivity contribution in [3.63, 3.8) is 0 Å². The molecule has 0 spiro atoms. The number of benzene rings is 1. The van der Waals surface area contributed by atoms with E-state index >= 15 is 0 Å². The maximum Gasteiger partial charge on any atom is 0.214 e. The number of anilines is 2. The predicted molar refractivity (Wildman–Crippen MR) is 106 cm³/mol. The molecule has 3 rings (SSSR count). The van der Waals surface area contributed by atoms with Gasteiger partial charge in [-0.2, -0.15) is 0 Å². The minimum absolute atomic E-state index is 0.617. The van der Waals surface area contributed by atoms with E-state index in [1.807, 2.05) is 34.1 Å². The summed E-state index contributed by atoms with van der Waals surface area (Å²) in [7, 11) is 0. The molecule has 26 heavy (non-hydrogen) atoms. The van der Waals surface area contributed by atoms with Gasteiger partial charge in [0.05, 0.1) is 0 Å². The number of amides is 2. The van der Waals surface area contributed by atoms with Crippen molar-refractivity contribution in [3.8, 4) is 0 Å². The fourth-order valence-corrected chi connectivity index (χ4v) is 4.55. The lowest BCUT2D eigenvalue weighted by atomic mass is 9.89. The minimum Gasteiger partial charge on any atom is -0.315 e. The Labute approximate surface area is 157 Å². The quantitative estimate of drug-likeness (QED) is 0.629. The van der Waals surface area contributed by atoms with Gasteiger partial charge in [-0.1, -0.05) is 38.5 Å². The van der Waals surface area contributed by atoms with Gasteiger partial charge in [-0.15, -0.1) is 0 Å². The Balaban J connectivity index is 1.61. The van der Waals surface area contributed by atoms with Crippen LogP contribution in [0.3, 0.4) is 0 Å². The summed E-state index contributed by atoms with van der Waals surface area (Å²) in [6.45, 7) is 1.62. The molecule has 2 fully saturated rings. The van der Waals surface area contributed by atoms with Crippen molar-refractivity contribution in [2.75, 3.05) is 22.9 Å². The molecule has 2 amide bonds. The van der Waals surface area contributed by atoms with Crippen LogP contribution in [0.25, 0.3) is 0 Å². The Morgan fingerprint density at radius 1 is 0.654 bits per heavy atom. The molecule has 0 bridgehead atoms. The summed E-state index contributed by atoms with van der Waals surface area (Å²) in [4.78, 5) is 26.8. The molecule has 0 N–H and O–H groups in total. The highest BCUT2D eigenvalue weighted by Gasteiger charge is 2.19. The summed E-state index contributed by atoms with van der Waals surface area (Å²) in [5, 5.41) is 0. The van der Waals surface area contributed by atoms with Crippen molar-refractivity contribution in [1.82, 2.24) is 0 Å². The van der Waals surface area contributed by atoms with E-state index in [1.54, 1.807) is 0 Å². The molecule has 1 aromatic carbocycles. The maximum absolute atomic E-state index is 11.6. The number of hydrogen-bond donors (Lipinski definition) is 0. The first-order valence-electron chi connectivity index (χ1n) is 10.3. The van der Waals surface area contributed by atoms with Crippen LogP contribution in [0.2, 0.25) is 0 Å². The Hall–Kier alpha value is -1.84. The number of nitrogens with zero attached hydrogens (tertiary/aromatic N) is 2. The van der Waals surface area contributed by atoms with Crippen LogP contribution in [-0.4, -0.2) is 25.9 Å². The molecular formula is C22H32N2O2. The van der Waals surface area contributed by atoms with E-state index in [9.17, 15) is 9.59 Å². The maximum atomic E-state index is 11.6. The lowest BCUT2D eigenvalue weighted by Gasteiger charge is -2.29. The van der Waals surface area contributed by atoms with Crippen LogP contribution < -0.4 is 9.80 Å². The topological polar surface area (TPSA) is 40.6 Å². The third kappa shape index (κ3) is 5.09. The predicted octanol–water partition coefficient (Wildman–Crippen LogP) is 4.77. The normalized spacial score (nSPS) is 19.1. The first-order valence-corrected chi connectivity index (χ1v) is 10.3. The summed E-state index contributed by atoms with van der Waals surface area (Å²) >= 11 is 0. The highest BCUT2D eigenvalue weighted by molar-refractivity contribution is 5.79. The van der Waals surface area contributed by atoms with Gasteiger partial charge in [0.2, 0.25) is 12.8 Å². The first kappa shape index (κ1) is 18.9. The van der Waals surface area contributed by atoms with Gasteiger partial charge >= 0.3 is 0 Å². The highest BCUT2D eigenvalue weighted by atomic mass is 16.1. The van der Waals surface area contributed by atoms with E-state index in [0.29, 0.717) is 11.8 Å². The largest absolute Gasteiger partial charge is 0.315 e. The van der Waals surface area contributed by atoms with E-state index in [0.717, 1.165) is 37.3 Å². The minimum atomic E-state index is 0.617. The van der Waals surface area contributed by atoms with Crippen molar-refractivity contribution in [3.05, 3.63) is 24.3 Å². The Bertz CT molecular complexity index is 509. The Kier molecular flexibility index (Phi) is 7.10. The van der Waals surface area contributed by atoms with Gasteiger partial charge < -0.3 is 9.80 Å². The van der Waals surface area contributed by atoms with Gasteiger partial charge in [0.15, 0.2) is 0 Å². The van der Waals surface area contributed by atoms with Crippen molar-refractivity contribution >= 4 is 24.2 Å². The summed E-state index contributed by atoms with van der Waals surface area (Å²) in [5.41, 5.74) is 1.86. The molecular weight excluding hydrogens is 324 g/mol. The Morgan fingerprint density at radius 3 is 1.31 bits per heavy atom. The van der Waals surface area contributed by atoms with E-state index in [1.165, 1.54) is 64.2 Å². The lowest BCUT2D eigenvalue weighted by Crippen LogP contribution is -2.30. The molecule has 4 nitrogen and oxygen atoms in total. The zero-order valence-electron chi connectivity index (χ0n) is 15.8. The lowest BCUT2D eigenvalue weighted by molar-refractivity contribution is -0.108. The molecule has 0 aromatic heterocycles. The molecule has 4 heteroatoms. The highest BCUT2D eigenvalue weighted by Crippen LogP contribution is 2.28. The molecule has 0 heterocycles. The second kappa shape index (κ2) is 9.75. The fraction of sp³-hybridized carbons (Fsp3) is 0.636. The van der Waals surface area contributed by atoms with Crippen molar-refractivity contribution < 1.29 is 9.59 Å². The van der Waals surface area contributed by atoms with Gasteiger partial charge in [0.25, 0.3) is 0 Å². The molecule has 142 valence electrons. The molecule has 0 aliphatic heterocycles. The van der Waals surface area contributed by atoms with Crippen LogP contribution in [0.4, 0.5) is 11.4 Å². The molecule has 0 unspecified atom stereocenters. The second-order valence-electron chi connectivity index (χ2n) is 8.04. The van der Waals surface area contributed by atoms with Crippen LogP contribution in [-0.2, 0) is 9.59 Å². The van der Waals surface area contributed by atoms with Crippen LogP contribution in [0, 0.1) is 11.8 Å². The van der Waals surface area contributed by atoms with Crippen LogP contribution in [0.15, 0.2) is 24.3 Å². The van der Waals surface area contributed by atoms with Crippen LogP contribution in [0.1, 0.15) is 64.2 Å². The monoisotopic (exact) mass is 356 g/mol. The number of carbonyl (C=O) groups excluding carboxylic acids is 2. The smallest absolute Gasteiger partial charge is 0.214 e. The van der Waals surface area contributed by atoms with E-state index < -0.39 is 0 Å². The van der Waals surface area contributed by atoms with Crippen LogP contribution >= 0.6 is 0 Å². The third-order valence-corrected chi connectivity index (χ3v) is 6.13. The number of carbonyl (C=O) groups is 2. The third-order valence-electron chi connectivity index (χ3n) is 6.13. The zero-order valence-corrected chi connectivity index (χ0v) is 15.8. The average Bonchev–Trinajstić information content (AvgIpc) is 2.72. The zero-order chi connectivity index (χ0) is 18.2. The molecule has 0 atom stereocenters. The molecule has 2 saturated carbocycles. The molecule has 2 aliphatic rings. The van der Waals surface area contributed by atoms with E-state index in [-0.39, 0.29) is 0 Å². The van der Waals surface area contributed by atoms with Gasteiger partial charge in [-0.25, -0.2) is 0 Å². The number of hydrogen-bond acceptors (Lipinski definition) is 2. The van der Waals surface area contributed by atoms with Gasteiger partial charge in [-0.3, -0.25) is 9.59 Å². The Morgan fingerprint density at radius 2 is 1.00 bits per heavy atom. The van der Waals surface area contributed by atoms with Gasteiger partial charge in [0.1, 0.15) is 0 Å². The fourth-order valence-electron chi connectivity index (χ4n) is 4.55. The van der Waals surface area contributed by atoms with Crippen molar-refractivity contribution in [2.45, 2.75) is 64.2 Å². The first-order chi connectivity index (χ1) is 12.8. The van der Waals surface area contributed by atoms with Crippen LogP contribution in [0.5, 0.6) is 0 Å². The van der Waals surface area contributed by atoms with Crippen molar-refractivity contribution in [2.24, 2.45) is 11.8 Å². The molecule has 0 saturated heterocycles. The SMILES string of the molecule is O=CN(CC1CCCCC1)c1ccc(N(C=O)CC2CCCCC2)cc1. The van der Waals surface area contributed by atoms with E-state index in [2.05, 4.69) is 0 Å². The average molecular weight is 357 g/mol. The summed E-state index contributed by atoms with van der Waals surface area (Å²) in [6, 6.07) is 7.90. The van der Waals surface area contributed by atoms with Crippen molar-refractivity contribution in [1.29, 1.82) is 0 Å². The second-order valence-corrected chi connectivity index (χ2v) is 8.04. The molecule has 0 radical (unpaired) electrons. The number of rotatable bonds is 8. The molecule has 1 aromatic rings. The molecule has 2 aliphatic carbocycles. The summed E-state index contributed by atoms with van der Waals surface area (Å²) < 4.78 is 0. The summed E-state index contributed by atoms with van der Waals surface area (Å²) in [6.07, 6.45) is 14.6. The standard InChI is InChI=1S/C22H32N2O2/c25-17-23(15-19-7-3-1-4-8-19)21-11-13-22(14-12-21)24(18-26)16-20-9-5-2-6-10-20/h11-14,17-20H,1-10,15-16H2. The van der Waals surface area contributed by atoms with Gasteiger partial charge in [0, 0.05) is 24.5 Å². The summed E-state index contributed by atoms with van der Waals surface area (Å²) in [5.74, 6) is 1.23.